The number of benzene rings is 1. The van der Waals surface area contributed by atoms with Gasteiger partial charge in [-0.3, -0.25) is 19.3 Å². The largest absolute Gasteiger partial charge is 0.357 e. The van der Waals surface area contributed by atoms with Crippen LogP contribution in [0.15, 0.2) is 53.7 Å². The maximum absolute atomic E-state index is 13.0. The number of amides is 3. The summed E-state index contributed by atoms with van der Waals surface area (Å²) >= 11 is 0. The van der Waals surface area contributed by atoms with Gasteiger partial charge in [-0.05, 0) is 44.2 Å². The van der Waals surface area contributed by atoms with Gasteiger partial charge in [0.15, 0.2) is 5.82 Å². The van der Waals surface area contributed by atoms with Gasteiger partial charge in [-0.1, -0.05) is 30.3 Å². The summed E-state index contributed by atoms with van der Waals surface area (Å²) in [5.41, 5.74) is 2.63. The maximum atomic E-state index is 13.0. The zero-order chi connectivity index (χ0) is 21.4. The first-order chi connectivity index (χ1) is 15.1. The number of anilines is 1. The summed E-state index contributed by atoms with van der Waals surface area (Å²) in [7, 11) is 0. The third-order valence-corrected chi connectivity index (χ3v) is 6.13. The number of carbonyl (C=O) groups excluding carboxylic acids is 3. The zero-order valence-corrected chi connectivity index (χ0v) is 17.1. The number of hydrogen-bond donors (Lipinski definition) is 1. The standard InChI is InChI=1S/C23H23N5O3/c29-20(24-19-12-11-18(25-26-19)15-6-2-1-3-7-15)14-27-13-5-10-17-21(27)23(31)28(22(17)30)16-8-4-9-16/h1-3,6-7,11-12,16H,4-5,8-10,13-14H2,(H,24,26,29). The van der Waals surface area contributed by atoms with Crippen molar-refractivity contribution in [2.24, 2.45) is 0 Å². The Kier molecular flexibility index (Phi) is 4.97. The molecule has 3 amide bonds. The van der Waals surface area contributed by atoms with Crippen LogP contribution in [0.3, 0.4) is 0 Å². The highest BCUT2D eigenvalue weighted by atomic mass is 16.2. The molecule has 8 nitrogen and oxygen atoms in total. The molecule has 0 radical (unpaired) electrons. The average molecular weight is 417 g/mol. The molecule has 1 aromatic carbocycles. The van der Waals surface area contributed by atoms with Gasteiger partial charge in [-0.25, -0.2) is 0 Å². The molecule has 1 N–H and O–H groups in total. The van der Waals surface area contributed by atoms with Crippen molar-refractivity contribution in [3.05, 3.63) is 53.7 Å². The van der Waals surface area contributed by atoms with E-state index in [2.05, 4.69) is 15.5 Å². The normalized spacial score (nSPS) is 18.8. The second kappa shape index (κ2) is 7.94. The molecular formula is C23H23N5O3. The molecule has 0 spiro atoms. The highest BCUT2D eigenvalue weighted by Gasteiger charge is 2.46. The number of carbonyl (C=O) groups is 3. The summed E-state index contributed by atoms with van der Waals surface area (Å²) in [5, 5.41) is 11.0. The van der Waals surface area contributed by atoms with Gasteiger partial charge in [0.05, 0.1) is 12.2 Å². The van der Waals surface area contributed by atoms with Crippen LogP contribution >= 0.6 is 0 Å². The van der Waals surface area contributed by atoms with Crippen molar-refractivity contribution in [1.29, 1.82) is 0 Å². The van der Waals surface area contributed by atoms with Gasteiger partial charge in [0.1, 0.15) is 5.70 Å². The molecule has 2 aromatic rings. The van der Waals surface area contributed by atoms with Crippen molar-refractivity contribution in [3.63, 3.8) is 0 Å². The first-order valence-corrected chi connectivity index (χ1v) is 10.7. The summed E-state index contributed by atoms with van der Waals surface area (Å²) < 4.78 is 0. The van der Waals surface area contributed by atoms with Gasteiger partial charge in [0.2, 0.25) is 5.91 Å². The summed E-state index contributed by atoms with van der Waals surface area (Å²) in [4.78, 5) is 41.5. The monoisotopic (exact) mass is 417 g/mol. The Bertz CT molecular complexity index is 1060. The number of rotatable bonds is 5. The molecule has 0 unspecified atom stereocenters. The van der Waals surface area contributed by atoms with Crippen LogP contribution in [0, 0.1) is 0 Å². The molecule has 0 bridgehead atoms. The van der Waals surface area contributed by atoms with Crippen LogP contribution in [0.4, 0.5) is 5.82 Å². The molecule has 3 heterocycles. The molecule has 158 valence electrons. The summed E-state index contributed by atoms with van der Waals surface area (Å²) in [6.45, 7) is 0.570. The van der Waals surface area contributed by atoms with E-state index in [4.69, 9.17) is 0 Å². The van der Waals surface area contributed by atoms with Gasteiger partial charge in [-0.15, -0.1) is 10.2 Å². The first-order valence-electron chi connectivity index (χ1n) is 10.7. The summed E-state index contributed by atoms with van der Waals surface area (Å²) in [6.07, 6.45) is 4.12. The molecule has 3 aliphatic rings. The van der Waals surface area contributed by atoms with Crippen molar-refractivity contribution in [2.45, 2.75) is 38.1 Å². The molecule has 1 saturated carbocycles. The molecule has 8 heteroatoms. The third kappa shape index (κ3) is 3.58. The lowest BCUT2D eigenvalue weighted by Gasteiger charge is -2.34. The second-order valence-electron chi connectivity index (χ2n) is 8.14. The Morgan fingerprint density at radius 3 is 2.48 bits per heavy atom. The Morgan fingerprint density at radius 1 is 1.00 bits per heavy atom. The zero-order valence-electron chi connectivity index (χ0n) is 17.1. The van der Waals surface area contributed by atoms with Gasteiger partial charge in [0, 0.05) is 23.7 Å². The molecule has 1 fully saturated rings. The number of imide groups is 1. The van der Waals surface area contributed by atoms with E-state index in [-0.39, 0.29) is 30.3 Å². The fourth-order valence-electron chi connectivity index (χ4n) is 4.34. The van der Waals surface area contributed by atoms with Crippen molar-refractivity contribution in [1.82, 2.24) is 20.0 Å². The van der Waals surface area contributed by atoms with E-state index in [0.29, 0.717) is 30.1 Å². The van der Waals surface area contributed by atoms with Gasteiger partial charge >= 0.3 is 0 Å². The summed E-state index contributed by atoms with van der Waals surface area (Å²) in [6, 6.07) is 13.2. The van der Waals surface area contributed by atoms with Crippen molar-refractivity contribution >= 4 is 23.5 Å². The molecule has 2 aliphatic heterocycles. The number of nitrogens with zero attached hydrogens (tertiary/aromatic N) is 4. The van der Waals surface area contributed by atoms with E-state index in [1.807, 2.05) is 30.3 Å². The quantitative estimate of drug-likeness (QED) is 0.751. The van der Waals surface area contributed by atoms with Gasteiger partial charge in [0.25, 0.3) is 11.8 Å². The molecule has 0 atom stereocenters. The predicted molar refractivity (Wildman–Crippen MR) is 113 cm³/mol. The van der Waals surface area contributed by atoms with E-state index >= 15 is 0 Å². The van der Waals surface area contributed by atoms with E-state index in [1.165, 1.54) is 4.90 Å². The lowest BCUT2D eigenvalue weighted by atomic mass is 9.91. The van der Waals surface area contributed by atoms with Crippen LogP contribution in [0.2, 0.25) is 0 Å². The molecular weight excluding hydrogens is 394 g/mol. The minimum Gasteiger partial charge on any atom is -0.357 e. The van der Waals surface area contributed by atoms with E-state index in [1.54, 1.807) is 17.0 Å². The topological polar surface area (TPSA) is 95.5 Å². The molecule has 1 aliphatic carbocycles. The number of aromatic nitrogens is 2. The van der Waals surface area contributed by atoms with E-state index < -0.39 is 0 Å². The number of nitrogens with one attached hydrogen (secondary N) is 1. The lowest BCUT2D eigenvalue weighted by Crippen LogP contribution is -2.46. The highest BCUT2D eigenvalue weighted by Crippen LogP contribution is 2.36. The van der Waals surface area contributed by atoms with Crippen LogP contribution in [-0.2, 0) is 14.4 Å². The highest BCUT2D eigenvalue weighted by molar-refractivity contribution is 6.19. The minimum absolute atomic E-state index is 0.00151. The van der Waals surface area contributed by atoms with Crippen LogP contribution in [0.1, 0.15) is 32.1 Å². The Balaban J connectivity index is 1.26. The van der Waals surface area contributed by atoms with Crippen LogP contribution in [-0.4, -0.2) is 56.9 Å². The Labute approximate surface area is 179 Å². The predicted octanol–water partition coefficient (Wildman–Crippen LogP) is 2.35. The number of hydrogen-bond acceptors (Lipinski definition) is 6. The van der Waals surface area contributed by atoms with Crippen LogP contribution in [0.25, 0.3) is 11.3 Å². The lowest BCUT2D eigenvalue weighted by molar-refractivity contribution is -0.142. The molecule has 31 heavy (non-hydrogen) atoms. The van der Waals surface area contributed by atoms with Crippen LogP contribution in [0.5, 0.6) is 0 Å². The van der Waals surface area contributed by atoms with Crippen LogP contribution < -0.4 is 5.32 Å². The maximum Gasteiger partial charge on any atom is 0.277 e. The average Bonchev–Trinajstić information content (AvgIpc) is 3.00. The minimum atomic E-state index is -0.294. The van der Waals surface area contributed by atoms with E-state index in [0.717, 1.165) is 36.9 Å². The van der Waals surface area contributed by atoms with Crippen molar-refractivity contribution < 1.29 is 14.4 Å². The smallest absolute Gasteiger partial charge is 0.277 e. The fourth-order valence-corrected chi connectivity index (χ4v) is 4.34. The second-order valence-corrected chi connectivity index (χ2v) is 8.14. The molecule has 0 saturated heterocycles. The van der Waals surface area contributed by atoms with Crippen molar-refractivity contribution in [2.75, 3.05) is 18.4 Å². The fraction of sp³-hybridized carbons (Fsp3) is 0.348. The van der Waals surface area contributed by atoms with E-state index in [9.17, 15) is 14.4 Å². The van der Waals surface area contributed by atoms with Gasteiger partial charge < -0.3 is 10.2 Å². The third-order valence-electron chi connectivity index (χ3n) is 6.13. The Hall–Kier alpha value is -3.55. The first kappa shape index (κ1) is 19.4. The molecule has 1 aromatic heterocycles. The summed E-state index contributed by atoms with van der Waals surface area (Å²) in [5.74, 6) is -0.361. The SMILES string of the molecule is O=C(CN1CCCC2=C1C(=O)N(C1CCC1)C2=O)Nc1ccc(-c2ccccc2)nn1. The van der Waals surface area contributed by atoms with Crippen molar-refractivity contribution in [3.8, 4) is 11.3 Å². The Morgan fingerprint density at radius 2 is 1.81 bits per heavy atom. The molecule has 5 rings (SSSR count). The van der Waals surface area contributed by atoms with Gasteiger partial charge in [-0.2, -0.15) is 0 Å².